The van der Waals surface area contributed by atoms with Crippen molar-refractivity contribution in [1.82, 2.24) is 10.6 Å². The van der Waals surface area contributed by atoms with Gasteiger partial charge < -0.3 is 60.6 Å². The number of ether oxygens (including phenoxy) is 4. The molecule has 1 heterocycles. The molecule has 0 aliphatic carbocycles. The van der Waals surface area contributed by atoms with Crippen LogP contribution in [0.2, 0.25) is 0 Å². The lowest BCUT2D eigenvalue weighted by Gasteiger charge is -2.39. The van der Waals surface area contributed by atoms with Gasteiger partial charge in [-0.1, -0.05) is 0 Å². The van der Waals surface area contributed by atoms with Crippen LogP contribution in [0.3, 0.4) is 0 Å². The van der Waals surface area contributed by atoms with Crippen LogP contribution in [0.25, 0.3) is 0 Å². The molecule has 14 heteroatoms. The number of hydrogen-bond donors (Lipinski definition) is 8. The zero-order chi connectivity index (χ0) is 25.6. The maximum absolute atomic E-state index is 9.88. The van der Waals surface area contributed by atoms with Gasteiger partial charge in [-0.3, -0.25) is 0 Å². The van der Waals surface area contributed by atoms with Crippen LogP contribution < -0.4 is 21.3 Å². The summed E-state index contributed by atoms with van der Waals surface area (Å²) in [6.07, 6.45) is -6.49. The molecule has 2 rings (SSSR count). The Balaban J connectivity index is 1.47. The summed E-state index contributed by atoms with van der Waals surface area (Å²) in [7, 11) is 1.75. The number of aliphatic hydroxyl groups excluding tert-OH is 4. The third-order valence-electron chi connectivity index (χ3n) is 4.89. The minimum Gasteiger partial charge on any atom is -0.394 e. The molecule has 0 aromatic heterocycles. The lowest BCUT2D eigenvalue weighted by Crippen LogP contribution is -2.59. The highest BCUT2D eigenvalue weighted by atomic mass is 32.1. The Kier molecular flexibility index (Phi) is 13.6. The summed E-state index contributed by atoms with van der Waals surface area (Å²) in [6.45, 7) is 1.43. The van der Waals surface area contributed by atoms with Crippen molar-refractivity contribution in [2.45, 2.75) is 30.7 Å². The lowest BCUT2D eigenvalue weighted by molar-refractivity contribution is -0.302. The third kappa shape index (κ3) is 10.4. The van der Waals surface area contributed by atoms with Crippen LogP contribution >= 0.6 is 24.4 Å². The highest BCUT2D eigenvalue weighted by Crippen LogP contribution is 2.21. The van der Waals surface area contributed by atoms with E-state index >= 15 is 0 Å². The van der Waals surface area contributed by atoms with Gasteiger partial charge in [-0.05, 0) is 48.7 Å². The maximum Gasteiger partial charge on any atom is 0.186 e. The van der Waals surface area contributed by atoms with E-state index in [0.29, 0.717) is 36.6 Å². The number of hydrogen-bond acceptors (Lipinski definition) is 10. The van der Waals surface area contributed by atoms with E-state index in [1.807, 2.05) is 24.3 Å². The number of anilines is 2. The van der Waals surface area contributed by atoms with Crippen LogP contribution in [0.4, 0.5) is 11.4 Å². The molecule has 0 bridgehead atoms. The zero-order valence-corrected chi connectivity index (χ0v) is 21.0. The topological polar surface area (TPSA) is 166 Å². The second kappa shape index (κ2) is 16.1. The molecule has 1 aromatic carbocycles. The molecule has 1 aromatic rings. The fourth-order valence-corrected chi connectivity index (χ4v) is 3.33. The van der Waals surface area contributed by atoms with Crippen molar-refractivity contribution in [2.75, 3.05) is 63.9 Å². The number of nitrogens with one attached hydrogen (secondary N) is 4. The number of benzene rings is 1. The van der Waals surface area contributed by atoms with Gasteiger partial charge in [0.1, 0.15) is 24.4 Å². The fraction of sp³-hybridized carbons (Fsp3) is 0.619. The normalized spacial score (nSPS) is 24.0. The molecule has 5 atom stereocenters. The first-order chi connectivity index (χ1) is 16.8. The van der Waals surface area contributed by atoms with E-state index in [-0.39, 0.29) is 13.2 Å². The molecule has 1 aliphatic heterocycles. The molecular formula is C21H34N4O8S2. The van der Waals surface area contributed by atoms with Gasteiger partial charge in [0.2, 0.25) is 0 Å². The first-order valence-electron chi connectivity index (χ1n) is 11.1. The maximum atomic E-state index is 9.88. The first-order valence-corrected chi connectivity index (χ1v) is 11.9. The van der Waals surface area contributed by atoms with E-state index in [9.17, 15) is 15.3 Å². The molecule has 0 saturated carbocycles. The molecule has 1 aliphatic rings. The van der Waals surface area contributed by atoms with E-state index in [2.05, 4.69) is 21.3 Å². The summed E-state index contributed by atoms with van der Waals surface area (Å²) in [5, 5.41) is 51.5. The van der Waals surface area contributed by atoms with Gasteiger partial charge in [-0.2, -0.15) is 0 Å². The summed E-state index contributed by atoms with van der Waals surface area (Å²) in [5.74, 6) is 0. The van der Waals surface area contributed by atoms with E-state index < -0.39 is 37.3 Å². The third-order valence-corrected chi connectivity index (χ3v) is 5.44. The Bertz CT molecular complexity index is 774. The number of aliphatic hydroxyl groups is 4. The Hall–Kier alpha value is -1.72. The summed E-state index contributed by atoms with van der Waals surface area (Å²) < 4.78 is 21.4. The predicted octanol–water partition coefficient (Wildman–Crippen LogP) is -1.26. The molecule has 8 N–H and O–H groups in total. The summed E-state index contributed by atoms with van der Waals surface area (Å²) >= 11 is 10.3. The predicted molar refractivity (Wildman–Crippen MR) is 137 cm³/mol. The molecule has 198 valence electrons. The van der Waals surface area contributed by atoms with E-state index in [0.717, 1.165) is 11.4 Å². The molecule has 0 radical (unpaired) electrons. The molecule has 12 nitrogen and oxygen atoms in total. The molecular weight excluding hydrogens is 500 g/mol. The SMILES string of the molecule is CNC(=S)Nc1ccc(NC(=S)NCCOCCOCCO[C@H]2OC(CO)[C@H](O)[C@H](O)C2O)cc1. The Morgan fingerprint density at radius 3 is 2.03 bits per heavy atom. The minimum atomic E-state index is -1.47. The Morgan fingerprint density at radius 1 is 0.857 bits per heavy atom. The van der Waals surface area contributed by atoms with Crippen molar-refractivity contribution >= 4 is 46.0 Å². The van der Waals surface area contributed by atoms with Crippen LogP contribution in [0.1, 0.15) is 0 Å². The van der Waals surface area contributed by atoms with E-state index in [4.69, 9.17) is 48.5 Å². The molecule has 1 saturated heterocycles. The number of rotatable bonds is 13. The molecule has 35 heavy (non-hydrogen) atoms. The smallest absolute Gasteiger partial charge is 0.186 e. The molecule has 0 amide bonds. The van der Waals surface area contributed by atoms with Gasteiger partial charge in [-0.15, -0.1) is 0 Å². The highest BCUT2D eigenvalue weighted by Gasteiger charge is 2.43. The lowest BCUT2D eigenvalue weighted by atomic mass is 9.99. The molecule has 0 spiro atoms. The van der Waals surface area contributed by atoms with Crippen molar-refractivity contribution in [3.63, 3.8) is 0 Å². The van der Waals surface area contributed by atoms with Crippen molar-refractivity contribution in [2.24, 2.45) is 0 Å². The van der Waals surface area contributed by atoms with Crippen molar-refractivity contribution < 1.29 is 39.4 Å². The standard InChI is InChI=1S/C21H34N4O8S2/c1-22-20(34)24-13-2-4-14(5-3-13)25-21(35)23-6-7-30-8-9-31-10-11-32-19-18(29)17(28)16(27)15(12-26)33-19/h2-5,15-19,26-29H,6-12H2,1H3,(H2,22,24,34)(H2,23,25,35)/t15?,16-,17-,18?,19-/m0/s1. The van der Waals surface area contributed by atoms with Crippen molar-refractivity contribution in [3.05, 3.63) is 24.3 Å². The average Bonchev–Trinajstić information content (AvgIpc) is 2.86. The summed E-state index contributed by atoms with van der Waals surface area (Å²) in [5.41, 5.74) is 1.70. The average molecular weight is 535 g/mol. The van der Waals surface area contributed by atoms with E-state index in [1.54, 1.807) is 7.05 Å². The van der Waals surface area contributed by atoms with Gasteiger partial charge in [0.25, 0.3) is 0 Å². The second-order valence-corrected chi connectivity index (χ2v) is 8.27. The van der Waals surface area contributed by atoms with Crippen LogP contribution in [-0.4, -0.2) is 115 Å². The first kappa shape index (κ1) is 29.5. The summed E-state index contributed by atoms with van der Waals surface area (Å²) in [4.78, 5) is 0. The van der Waals surface area contributed by atoms with Gasteiger partial charge in [-0.25, -0.2) is 0 Å². The van der Waals surface area contributed by atoms with Gasteiger partial charge in [0, 0.05) is 25.0 Å². The minimum absolute atomic E-state index is 0.0867. The largest absolute Gasteiger partial charge is 0.394 e. The van der Waals surface area contributed by atoms with Crippen LogP contribution in [-0.2, 0) is 18.9 Å². The quantitative estimate of drug-likeness (QED) is 0.112. The monoisotopic (exact) mass is 534 g/mol. The molecule has 2 unspecified atom stereocenters. The van der Waals surface area contributed by atoms with Gasteiger partial charge in [0.05, 0.1) is 39.6 Å². The highest BCUT2D eigenvalue weighted by molar-refractivity contribution is 7.80. The Morgan fingerprint density at radius 2 is 1.43 bits per heavy atom. The molecule has 1 fully saturated rings. The number of thiocarbonyl (C=S) groups is 2. The van der Waals surface area contributed by atoms with Gasteiger partial charge >= 0.3 is 0 Å². The Labute approximate surface area is 214 Å². The van der Waals surface area contributed by atoms with Crippen molar-refractivity contribution in [1.29, 1.82) is 0 Å². The van der Waals surface area contributed by atoms with Crippen LogP contribution in [0, 0.1) is 0 Å². The zero-order valence-electron chi connectivity index (χ0n) is 19.4. The van der Waals surface area contributed by atoms with Crippen molar-refractivity contribution in [3.8, 4) is 0 Å². The van der Waals surface area contributed by atoms with Crippen LogP contribution in [0.5, 0.6) is 0 Å². The van der Waals surface area contributed by atoms with Gasteiger partial charge in [0.15, 0.2) is 16.5 Å². The fourth-order valence-electron chi connectivity index (χ4n) is 2.99. The van der Waals surface area contributed by atoms with Crippen LogP contribution in [0.15, 0.2) is 24.3 Å². The summed E-state index contributed by atoms with van der Waals surface area (Å²) in [6, 6.07) is 7.52. The van der Waals surface area contributed by atoms with E-state index in [1.165, 1.54) is 0 Å². The second-order valence-electron chi connectivity index (χ2n) is 7.46.